The van der Waals surface area contributed by atoms with Crippen LogP contribution in [0.1, 0.15) is 27.4 Å². The largest absolute Gasteiger partial charge is 0.486 e. The molecule has 1 heterocycles. The number of allylic oxidation sites excluding steroid dienone is 1. The van der Waals surface area contributed by atoms with Gasteiger partial charge in [-0.1, -0.05) is 36.4 Å². The van der Waals surface area contributed by atoms with E-state index in [9.17, 15) is 4.79 Å². The Labute approximate surface area is 168 Å². The van der Waals surface area contributed by atoms with Crippen molar-refractivity contribution in [3.63, 3.8) is 0 Å². The zero-order valence-electron chi connectivity index (χ0n) is 15.5. The lowest BCUT2D eigenvalue weighted by molar-refractivity contribution is 0.104. The minimum absolute atomic E-state index is 0.0810. The van der Waals surface area contributed by atoms with Crippen LogP contribution in [0.4, 0.5) is 0 Å². The van der Waals surface area contributed by atoms with Gasteiger partial charge in [0.05, 0.1) is 11.6 Å². The molecule has 29 heavy (non-hydrogen) atoms. The lowest BCUT2D eigenvalue weighted by atomic mass is 10.0. The third kappa shape index (κ3) is 4.42. The molecule has 0 aliphatic carbocycles. The second kappa shape index (κ2) is 8.28. The van der Waals surface area contributed by atoms with Crippen molar-refractivity contribution in [3.8, 4) is 11.8 Å². The molecule has 0 amide bonds. The van der Waals surface area contributed by atoms with Gasteiger partial charge in [-0.15, -0.1) is 0 Å². The van der Waals surface area contributed by atoms with Gasteiger partial charge in [0.15, 0.2) is 5.78 Å². The average Bonchev–Trinajstić information content (AvgIpc) is 3.24. The Morgan fingerprint density at radius 1 is 0.966 bits per heavy atom. The molecule has 0 saturated heterocycles. The highest BCUT2D eigenvalue weighted by molar-refractivity contribution is 6.08. The Balaban J connectivity index is 1.39. The van der Waals surface area contributed by atoms with Crippen LogP contribution < -0.4 is 4.74 Å². The van der Waals surface area contributed by atoms with Crippen LogP contribution in [0.25, 0.3) is 16.8 Å². The number of hydrogen-bond acceptors (Lipinski definition) is 4. The molecule has 0 bridgehead atoms. The van der Waals surface area contributed by atoms with E-state index in [4.69, 9.17) is 14.4 Å². The van der Waals surface area contributed by atoms with Gasteiger partial charge in [0.25, 0.3) is 0 Å². The second-order valence-corrected chi connectivity index (χ2v) is 6.49. The van der Waals surface area contributed by atoms with Gasteiger partial charge in [0.1, 0.15) is 23.9 Å². The van der Waals surface area contributed by atoms with Crippen molar-refractivity contribution in [2.75, 3.05) is 0 Å². The number of ketones is 1. The summed E-state index contributed by atoms with van der Waals surface area (Å²) in [6.45, 7) is 0.262. The molecule has 0 atom stereocenters. The molecule has 1 aromatic heterocycles. The fraction of sp³-hybridized carbons (Fsp3) is 0.0400. The first kappa shape index (κ1) is 18.3. The van der Waals surface area contributed by atoms with Crippen molar-refractivity contribution in [2.45, 2.75) is 6.61 Å². The van der Waals surface area contributed by atoms with Crippen LogP contribution in [0.5, 0.6) is 5.75 Å². The number of nitriles is 1. The third-order valence-electron chi connectivity index (χ3n) is 4.48. The Kier molecular flexibility index (Phi) is 5.22. The summed E-state index contributed by atoms with van der Waals surface area (Å²) in [4.78, 5) is 12.5. The Hall–Kier alpha value is -4.10. The van der Waals surface area contributed by atoms with Crippen molar-refractivity contribution in [1.82, 2.24) is 0 Å². The van der Waals surface area contributed by atoms with Gasteiger partial charge in [0.2, 0.25) is 0 Å². The van der Waals surface area contributed by atoms with Crippen LogP contribution in [-0.2, 0) is 6.61 Å². The average molecular weight is 379 g/mol. The van der Waals surface area contributed by atoms with E-state index in [1.165, 1.54) is 6.08 Å². The van der Waals surface area contributed by atoms with Crippen LogP contribution in [0.15, 0.2) is 89.4 Å². The molecule has 0 aliphatic rings. The van der Waals surface area contributed by atoms with E-state index in [0.29, 0.717) is 28.4 Å². The molecular formula is C25H17NO3. The van der Waals surface area contributed by atoms with Gasteiger partial charge in [-0.2, -0.15) is 5.26 Å². The number of ether oxygens (including phenoxy) is 1. The van der Waals surface area contributed by atoms with Gasteiger partial charge in [-0.3, -0.25) is 4.79 Å². The number of furan rings is 1. The molecule has 0 radical (unpaired) electrons. The zero-order chi connectivity index (χ0) is 20.1. The topological polar surface area (TPSA) is 63.2 Å². The summed E-state index contributed by atoms with van der Waals surface area (Å²) < 4.78 is 11.3. The van der Waals surface area contributed by atoms with E-state index >= 15 is 0 Å². The number of fused-ring (bicyclic) bond motifs is 1. The van der Waals surface area contributed by atoms with Crippen molar-refractivity contribution in [3.05, 3.63) is 108 Å². The number of rotatable bonds is 6. The smallest absolute Gasteiger partial charge is 0.185 e. The first-order chi connectivity index (χ1) is 14.2. The SMILES string of the molecule is N#Cc1ccc(OCc2ccc(/C=C/C(=O)c3ccc4ccccc4c3)o2)cc1. The van der Waals surface area contributed by atoms with Crippen molar-refractivity contribution < 1.29 is 13.9 Å². The summed E-state index contributed by atoms with van der Waals surface area (Å²) in [5.74, 6) is 1.80. The van der Waals surface area contributed by atoms with Crippen LogP contribution >= 0.6 is 0 Å². The molecule has 0 unspecified atom stereocenters. The van der Waals surface area contributed by atoms with E-state index in [-0.39, 0.29) is 12.4 Å². The minimum Gasteiger partial charge on any atom is -0.486 e. The Morgan fingerprint density at radius 3 is 2.55 bits per heavy atom. The predicted octanol–water partition coefficient (Wildman–Crippen LogP) is 5.78. The lowest BCUT2D eigenvalue weighted by Crippen LogP contribution is -1.94. The molecule has 0 saturated carbocycles. The minimum atomic E-state index is -0.0810. The maximum atomic E-state index is 12.5. The summed E-state index contributed by atoms with van der Waals surface area (Å²) in [6.07, 6.45) is 3.16. The second-order valence-electron chi connectivity index (χ2n) is 6.49. The van der Waals surface area contributed by atoms with Crippen molar-refractivity contribution in [2.24, 2.45) is 0 Å². The van der Waals surface area contributed by atoms with Crippen LogP contribution in [0, 0.1) is 11.3 Å². The molecule has 0 fully saturated rings. The molecule has 3 aromatic carbocycles. The molecule has 0 aliphatic heterocycles. The maximum Gasteiger partial charge on any atom is 0.185 e. The van der Waals surface area contributed by atoms with Crippen LogP contribution in [0.2, 0.25) is 0 Å². The molecular weight excluding hydrogens is 362 g/mol. The molecule has 4 nitrogen and oxygen atoms in total. The first-order valence-corrected chi connectivity index (χ1v) is 9.14. The molecule has 4 heteroatoms. The summed E-state index contributed by atoms with van der Waals surface area (Å²) in [7, 11) is 0. The zero-order valence-corrected chi connectivity index (χ0v) is 15.5. The number of carbonyl (C=O) groups is 1. The molecule has 4 aromatic rings. The predicted molar refractivity (Wildman–Crippen MR) is 112 cm³/mol. The van der Waals surface area contributed by atoms with Crippen molar-refractivity contribution >= 4 is 22.6 Å². The molecule has 140 valence electrons. The summed E-state index contributed by atoms with van der Waals surface area (Å²) in [6, 6.07) is 26.1. The Morgan fingerprint density at radius 2 is 1.76 bits per heavy atom. The van der Waals surface area contributed by atoms with Crippen LogP contribution in [-0.4, -0.2) is 5.78 Å². The van der Waals surface area contributed by atoms with Gasteiger partial charge in [0, 0.05) is 5.56 Å². The number of benzene rings is 3. The van der Waals surface area contributed by atoms with E-state index in [0.717, 1.165) is 10.8 Å². The number of nitrogens with zero attached hydrogens (tertiary/aromatic N) is 1. The molecule has 0 spiro atoms. The Bertz CT molecular complexity index is 1230. The first-order valence-electron chi connectivity index (χ1n) is 9.14. The van der Waals surface area contributed by atoms with Gasteiger partial charge in [-0.25, -0.2) is 0 Å². The third-order valence-corrected chi connectivity index (χ3v) is 4.48. The molecule has 4 rings (SSSR count). The van der Waals surface area contributed by atoms with Gasteiger partial charge in [-0.05, 0) is 65.4 Å². The summed E-state index contributed by atoms with van der Waals surface area (Å²) in [5.41, 5.74) is 1.22. The highest BCUT2D eigenvalue weighted by Crippen LogP contribution is 2.18. The van der Waals surface area contributed by atoms with E-state index < -0.39 is 0 Å². The quantitative estimate of drug-likeness (QED) is 0.315. The maximum absolute atomic E-state index is 12.5. The highest BCUT2D eigenvalue weighted by atomic mass is 16.5. The lowest BCUT2D eigenvalue weighted by Gasteiger charge is -2.03. The summed E-state index contributed by atoms with van der Waals surface area (Å²) in [5, 5.41) is 10.9. The van der Waals surface area contributed by atoms with E-state index in [2.05, 4.69) is 6.07 Å². The van der Waals surface area contributed by atoms with Crippen molar-refractivity contribution in [1.29, 1.82) is 5.26 Å². The fourth-order valence-electron chi connectivity index (χ4n) is 2.94. The monoisotopic (exact) mass is 379 g/mol. The fourth-order valence-corrected chi connectivity index (χ4v) is 2.94. The van der Waals surface area contributed by atoms with Crippen LogP contribution in [0.3, 0.4) is 0 Å². The summed E-state index contributed by atoms with van der Waals surface area (Å²) >= 11 is 0. The number of hydrogen-bond donors (Lipinski definition) is 0. The van der Waals surface area contributed by atoms with E-state index in [1.807, 2.05) is 48.5 Å². The van der Waals surface area contributed by atoms with Gasteiger partial charge >= 0.3 is 0 Å². The molecule has 0 N–H and O–H groups in total. The standard InChI is InChI=1S/C25H17NO3/c26-16-18-5-9-22(10-6-18)28-17-24-12-11-23(29-24)13-14-25(27)21-8-7-19-3-1-2-4-20(19)15-21/h1-15H,17H2/b14-13+. The number of carbonyl (C=O) groups excluding carboxylic acids is 1. The van der Waals surface area contributed by atoms with E-state index in [1.54, 1.807) is 36.4 Å². The highest BCUT2D eigenvalue weighted by Gasteiger charge is 2.05. The van der Waals surface area contributed by atoms with Gasteiger partial charge < -0.3 is 9.15 Å². The normalized spacial score (nSPS) is 10.9.